The number of nitrogens with zero attached hydrogens (tertiary/aromatic N) is 12. The molecule has 6 aromatic rings. The highest BCUT2D eigenvalue weighted by atomic mass is 79.9. The predicted octanol–water partition coefficient (Wildman–Crippen LogP) is 5.66. The van der Waals surface area contributed by atoms with Crippen molar-refractivity contribution in [3.8, 4) is 0 Å². The lowest BCUT2D eigenvalue weighted by molar-refractivity contribution is 0.0867. The molecule has 7 N–H and O–H groups in total. The van der Waals surface area contributed by atoms with Gasteiger partial charge in [-0.05, 0) is 111 Å². The van der Waals surface area contributed by atoms with Crippen LogP contribution in [0.5, 0.6) is 0 Å². The van der Waals surface area contributed by atoms with E-state index in [1.54, 1.807) is 4.57 Å². The van der Waals surface area contributed by atoms with Crippen LogP contribution >= 0.6 is 50.7 Å². The van der Waals surface area contributed by atoms with Crippen LogP contribution in [0.1, 0.15) is 128 Å². The minimum absolute atomic E-state index is 0.186. The summed E-state index contributed by atoms with van der Waals surface area (Å²) < 4.78 is 5.00. The number of fused-ring (bicyclic) bond motifs is 6. The van der Waals surface area contributed by atoms with E-state index in [0.29, 0.717) is 32.6 Å². The largest absolute Gasteiger partial charge is 0.382 e. The molecule has 3 saturated carbocycles. The van der Waals surface area contributed by atoms with Gasteiger partial charge in [0.1, 0.15) is 70.2 Å². The molecule has 3 aliphatic heterocycles. The summed E-state index contributed by atoms with van der Waals surface area (Å²) in [5.74, 6) is 0.326. The average molecular weight is 1120 g/mol. The van der Waals surface area contributed by atoms with Crippen LogP contribution in [0.3, 0.4) is 0 Å². The molecule has 0 aromatic carbocycles. The van der Waals surface area contributed by atoms with Crippen molar-refractivity contribution in [1.82, 2.24) is 75.2 Å². The first-order chi connectivity index (χ1) is 35.2. The third kappa shape index (κ3) is 10.1. The molecule has 380 valence electrons. The van der Waals surface area contributed by atoms with Crippen LogP contribution in [-0.2, 0) is 17.0 Å². The fourth-order valence-corrected chi connectivity index (χ4v) is 11.7. The van der Waals surface area contributed by atoms with Gasteiger partial charge < -0.3 is 32.3 Å². The Kier molecular flexibility index (Phi) is 14.8. The average Bonchev–Trinajstić information content (AvgIpc) is 3.96. The van der Waals surface area contributed by atoms with E-state index in [9.17, 15) is 28.8 Å². The molecule has 0 radical (unpaired) electrons. The monoisotopic (exact) mass is 1120 g/mol. The summed E-state index contributed by atoms with van der Waals surface area (Å²) in [7, 11) is 0. The molecule has 0 atom stereocenters. The first-order valence-corrected chi connectivity index (χ1v) is 25.3. The van der Waals surface area contributed by atoms with E-state index in [4.69, 9.17) is 40.5 Å². The highest BCUT2D eigenvalue weighted by Crippen LogP contribution is 2.41. The summed E-state index contributed by atoms with van der Waals surface area (Å²) in [5.41, 5.74) is 3.73. The third-order valence-corrected chi connectivity index (χ3v) is 14.9. The Morgan fingerprint density at radius 2 is 0.822 bits per heavy atom. The minimum Gasteiger partial charge on any atom is -0.382 e. The van der Waals surface area contributed by atoms with Gasteiger partial charge in [-0.3, -0.25) is 42.5 Å². The zero-order chi connectivity index (χ0) is 51.5. The predicted molar refractivity (Wildman–Crippen MR) is 271 cm³/mol. The van der Waals surface area contributed by atoms with Gasteiger partial charge in [-0.15, -0.1) is 15.3 Å². The number of pyridine rings is 3. The normalized spacial score (nSPS) is 18.0. The lowest BCUT2D eigenvalue weighted by Crippen LogP contribution is -2.48. The number of aromatic nitrogens is 12. The topological polar surface area (TPSA) is 319 Å². The molecular formula is C45H46BrCl3N18O6. The Hall–Kier alpha value is -6.96. The van der Waals surface area contributed by atoms with Crippen LogP contribution in [-0.4, -0.2) is 77.0 Å². The first-order valence-electron chi connectivity index (χ1n) is 23.3. The van der Waals surface area contributed by atoms with Gasteiger partial charge in [0.05, 0.1) is 38.1 Å². The second kappa shape index (κ2) is 21.2. The van der Waals surface area contributed by atoms with E-state index in [0.717, 1.165) is 96.3 Å². The van der Waals surface area contributed by atoms with Crippen LogP contribution in [0, 0.1) is 0 Å². The number of hydrogen-bond acceptors (Lipinski definition) is 18. The first kappa shape index (κ1) is 51.0. The van der Waals surface area contributed by atoms with Gasteiger partial charge in [-0.25, -0.2) is 15.0 Å². The van der Waals surface area contributed by atoms with Crippen molar-refractivity contribution in [2.75, 3.05) is 16.4 Å². The molecule has 9 heterocycles. The number of nitrogen functional groups attached to an aromatic ring is 1. The van der Waals surface area contributed by atoms with Crippen LogP contribution in [0.2, 0.25) is 15.1 Å². The van der Waals surface area contributed by atoms with Crippen molar-refractivity contribution in [2.24, 2.45) is 0 Å². The minimum atomic E-state index is -0.674. The number of nitrogens with two attached hydrogens (primary N) is 1. The second-order valence-electron chi connectivity index (χ2n) is 18.0. The van der Waals surface area contributed by atoms with Gasteiger partial charge in [0.2, 0.25) is 0 Å². The molecule has 24 nitrogen and oxygen atoms in total. The van der Waals surface area contributed by atoms with E-state index >= 15 is 0 Å². The van der Waals surface area contributed by atoms with E-state index in [1.165, 1.54) is 64.9 Å². The van der Waals surface area contributed by atoms with Gasteiger partial charge in [0.25, 0.3) is 34.4 Å². The molecule has 3 fully saturated rings. The lowest BCUT2D eigenvalue weighted by Gasteiger charge is -2.35. The van der Waals surface area contributed by atoms with Gasteiger partial charge in [0.15, 0.2) is 11.6 Å². The Morgan fingerprint density at radius 1 is 0.479 bits per heavy atom. The number of nitrogens with one attached hydrogen (secondary N) is 5. The Morgan fingerprint density at radius 3 is 1.14 bits per heavy atom. The Bertz CT molecular complexity index is 3110. The maximum Gasteiger partial charge on any atom is 0.276 e. The number of anilines is 5. The van der Waals surface area contributed by atoms with Gasteiger partial charge >= 0.3 is 0 Å². The molecule has 3 spiro atoms. The number of hydrogen-bond donors (Lipinski definition) is 6. The standard InChI is InChI=1S/2C15H15ClN6O2.C12H12BrClN2O2.C3H4N4/c2*16-9-6-10(20-11-7-18-19-8-17-11)14(24)22-12(9)13(23)21-15(22)4-2-1-3-5-15;13-7-6-8(14)9-10(17)15-12(16(9)11(7)18)4-2-1-3-5-12;4-3-1-6-7-2-5-3/h2*6-8H,1-5H2,(H,21,23)(H,17,19,20);6H,1-5H2,(H,15,17);1-2H,(H2,4,5,7). The maximum absolute atomic E-state index is 13.0. The van der Waals surface area contributed by atoms with E-state index in [1.807, 2.05) is 0 Å². The molecule has 12 rings (SSSR count). The molecule has 6 aliphatic rings. The summed E-state index contributed by atoms with van der Waals surface area (Å²) in [6.07, 6.45) is 21.7. The molecule has 0 unspecified atom stereocenters. The number of rotatable bonds is 4. The zero-order valence-electron chi connectivity index (χ0n) is 38.7. The maximum atomic E-state index is 13.0. The summed E-state index contributed by atoms with van der Waals surface area (Å²) in [6, 6.07) is 4.41. The summed E-state index contributed by atoms with van der Waals surface area (Å²) in [4.78, 5) is 86.7. The van der Waals surface area contributed by atoms with Crippen molar-refractivity contribution in [2.45, 2.75) is 113 Å². The van der Waals surface area contributed by atoms with Crippen LogP contribution in [0.15, 0.2) is 74.6 Å². The molecule has 0 saturated heterocycles. The van der Waals surface area contributed by atoms with E-state index in [2.05, 4.69) is 88.1 Å². The lowest BCUT2D eigenvalue weighted by atomic mass is 9.89. The highest BCUT2D eigenvalue weighted by molar-refractivity contribution is 9.10. The van der Waals surface area contributed by atoms with E-state index < -0.39 is 17.0 Å². The molecule has 73 heavy (non-hydrogen) atoms. The van der Waals surface area contributed by atoms with E-state index in [-0.39, 0.29) is 67.2 Å². The van der Waals surface area contributed by atoms with Gasteiger partial charge in [0, 0.05) is 0 Å². The SMILES string of the molecule is Nc1cnncn1.O=C1NC2(CCCCC2)n2c1c(Cl)cc(Br)c2=O.O=C1NC2(CCCCC2)n2c1c(Cl)cc(Nc1cnncn1)c2=O.O=C1NC2(CCCCC2)n2c1c(Cl)cc(Nc1cnncn1)c2=O. The van der Waals surface area contributed by atoms with Crippen LogP contribution in [0.25, 0.3) is 0 Å². The summed E-state index contributed by atoms with van der Waals surface area (Å²) in [5, 5.41) is 37.0. The van der Waals surface area contributed by atoms with Crippen LogP contribution in [0.4, 0.5) is 28.8 Å². The Balaban J connectivity index is 0.000000127. The van der Waals surface area contributed by atoms with Crippen LogP contribution < -0.4 is 49.0 Å². The van der Waals surface area contributed by atoms with Crippen molar-refractivity contribution < 1.29 is 14.4 Å². The van der Waals surface area contributed by atoms with Crippen molar-refractivity contribution in [3.05, 3.63) is 123 Å². The quantitative estimate of drug-likeness (QED) is 0.124. The number of carbonyl (C=O) groups is 3. The molecular weight excluding hydrogens is 1070 g/mol. The second-order valence-corrected chi connectivity index (χ2v) is 20.1. The molecule has 0 bridgehead atoms. The van der Waals surface area contributed by atoms with Crippen molar-refractivity contribution in [1.29, 1.82) is 0 Å². The smallest absolute Gasteiger partial charge is 0.276 e. The highest BCUT2D eigenvalue weighted by Gasteiger charge is 2.48. The fraction of sp³-hybridized carbons (Fsp3) is 0.400. The third-order valence-electron chi connectivity index (χ3n) is 13.5. The fourth-order valence-electron chi connectivity index (χ4n) is 10.3. The van der Waals surface area contributed by atoms with Crippen molar-refractivity contribution >= 4 is 97.3 Å². The van der Waals surface area contributed by atoms with Gasteiger partial charge in [-0.2, -0.15) is 15.3 Å². The van der Waals surface area contributed by atoms with Gasteiger partial charge in [-0.1, -0.05) is 54.1 Å². The molecule has 3 aliphatic carbocycles. The number of halogens is 4. The zero-order valence-corrected chi connectivity index (χ0v) is 42.6. The molecule has 3 amide bonds. The summed E-state index contributed by atoms with van der Waals surface area (Å²) in [6.45, 7) is 0. The Labute approximate surface area is 437 Å². The molecule has 6 aromatic heterocycles. The number of amides is 3. The number of carbonyl (C=O) groups excluding carboxylic acids is 3. The molecule has 28 heteroatoms. The van der Waals surface area contributed by atoms with Crippen molar-refractivity contribution in [3.63, 3.8) is 0 Å². The summed E-state index contributed by atoms with van der Waals surface area (Å²) >= 11 is 21.9.